The van der Waals surface area contributed by atoms with Crippen molar-refractivity contribution < 1.29 is 17.9 Å². The Balaban J connectivity index is 1.68. The van der Waals surface area contributed by atoms with Gasteiger partial charge in [0.05, 0.1) is 16.5 Å². The van der Waals surface area contributed by atoms with E-state index in [1.807, 2.05) is 31.4 Å². The largest absolute Gasteiger partial charge is 0.444 e. The number of carbonyl (C=O) groups excluding carboxylic acids is 1. The molecule has 1 aliphatic heterocycles. The summed E-state index contributed by atoms with van der Waals surface area (Å²) in [6, 6.07) is 12.2. The first-order valence-electron chi connectivity index (χ1n) is 12.9. The van der Waals surface area contributed by atoms with Gasteiger partial charge < -0.3 is 19.2 Å². The van der Waals surface area contributed by atoms with Gasteiger partial charge >= 0.3 is 6.09 Å². The van der Waals surface area contributed by atoms with Gasteiger partial charge in [-0.05, 0) is 65.7 Å². The topological polar surface area (TPSA) is 134 Å². The molecule has 0 radical (unpaired) electrons. The molecule has 1 amide bonds. The van der Waals surface area contributed by atoms with E-state index in [9.17, 15) is 18.5 Å². The van der Waals surface area contributed by atoms with Gasteiger partial charge in [-0.2, -0.15) is 5.26 Å². The number of sulfone groups is 1. The van der Waals surface area contributed by atoms with Crippen LogP contribution in [0.3, 0.4) is 0 Å². The third-order valence-corrected chi connectivity index (χ3v) is 8.62. The fourth-order valence-corrected chi connectivity index (χ4v) is 6.36. The number of nitriles is 1. The maximum Gasteiger partial charge on any atom is 0.410 e. The molecule has 0 aliphatic carbocycles. The zero-order valence-electron chi connectivity index (χ0n) is 22.7. The van der Waals surface area contributed by atoms with Gasteiger partial charge in [0.15, 0.2) is 5.03 Å². The molecule has 11 heteroatoms. The fraction of sp³-hybridized carbons (Fsp3) is 0.429. The fourth-order valence-electron chi connectivity index (χ4n) is 5.02. The smallest absolute Gasteiger partial charge is 0.410 e. The van der Waals surface area contributed by atoms with Gasteiger partial charge in [0.2, 0.25) is 9.84 Å². The van der Waals surface area contributed by atoms with Crippen molar-refractivity contribution in [3.05, 3.63) is 48.4 Å². The maximum absolute atomic E-state index is 13.8. The number of aromatic amines is 1. The normalized spacial score (nSPS) is 15.5. The van der Waals surface area contributed by atoms with E-state index >= 15 is 0 Å². The molecular weight excluding hydrogens is 516 g/mol. The number of amides is 1. The third-order valence-electron chi connectivity index (χ3n) is 6.94. The minimum atomic E-state index is -4.02. The van der Waals surface area contributed by atoms with Gasteiger partial charge in [0, 0.05) is 30.7 Å². The molecule has 1 saturated heterocycles. The second-order valence-electron chi connectivity index (χ2n) is 11.4. The lowest BCUT2D eigenvalue weighted by Gasteiger charge is -2.35. The Bertz CT molecular complexity index is 1700. The number of hydrogen-bond acceptors (Lipinski definition) is 7. The molecule has 10 nitrogen and oxygen atoms in total. The zero-order chi connectivity index (χ0) is 28.2. The molecule has 4 aromatic rings. The predicted molar refractivity (Wildman–Crippen MR) is 146 cm³/mol. The highest BCUT2D eigenvalue weighted by molar-refractivity contribution is 7.91. The molecule has 1 N–H and O–H groups in total. The van der Waals surface area contributed by atoms with Gasteiger partial charge in [0.25, 0.3) is 0 Å². The Morgan fingerprint density at radius 3 is 2.36 bits per heavy atom. The number of ether oxygens (including phenoxy) is 1. The van der Waals surface area contributed by atoms with Crippen LogP contribution in [-0.4, -0.2) is 57.6 Å². The Kier molecular flexibility index (Phi) is 6.42. The van der Waals surface area contributed by atoms with Crippen molar-refractivity contribution in [3.63, 3.8) is 0 Å². The Hall–Kier alpha value is -3.91. The lowest BCUT2D eigenvalue weighted by Crippen LogP contribution is -2.42. The first kappa shape index (κ1) is 26.7. The van der Waals surface area contributed by atoms with Gasteiger partial charge in [-0.1, -0.05) is 18.2 Å². The number of hydrogen-bond donors (Lipinski definition) is 1. The lowest BCUT2D eigenvalue weighted by atomic mass is 9.93. The van der Waals surface area contributed by atoms with Crippen LogP contribution in [0.1, 0.15) is 59.3 Å². The second-order valence-corrected chi connectivity index (χ2v) is 13.3. The molecule has 0 atom stereocenters. The molecule has 1 aromatic carbocycles. The quantitative estimate of drug-likeness (QED) is 0.374. The van der Waals surface area contributed by atoms with Crippen molar-refractivity contribution in [2.75, 3.05) is 13.1 Å². The van der Waals surface area contributed by atoms with Crippen LogP contribution in [0.25, 0.3) is 22.1 Å². The monoisotopic (exact) mass is 548 g/mol. The summed E-state index contributed by atoms with van der Waals surface area (Å²) in [6.45, 7) is 9.97. The second kappa shape index (κ2) is 9.38. The molecule has 3 aromatic heterocycles. The molecule has 4 heterocycles. The van der Waals surface area contributed by atoms with E-state index in [2.05, 4.69) is 16.0 Å². The van der Waals surface area contributed by atoms with Crippen LogP contribution in [0, 0.1) is 11.3 Å². The highest BCUT2D eigenvalue weighted by atomic mass is 32.2. The molecule has 39 heavy (non-hydrogen) atoms. The number of H-pyrrole nitrogens is 1. The summed E-state index contributed by atoms with van der Waals surface area (Å²) in [5, 5.41) is 10.7. The lowest BCUT2D eigenvalue weighted by molar-refractivity contribution is 0.0188. The van der Waals surface area contributed by atoms with E-state index in [1.54, 1.807) is 43.1 Å². The molecule has 0 saturated carbocycles. The summed E-state index contributed by atoms with van der Waals surface area (Å²) >= 11 is 0. The molecule has 204 valence electrons. The highest BCUT2D eigenvalue weighted by Crippen LogP contribution is 2.39. The van der Waals surface area contributed by atoms with Crippen LogP contribution in [0.15, 0.2) is 52.5 Å². The summed E-state index contributed by atoms with van der Waals surface area (Å²) in [4.78, 5) is 26.9. The van der Waals surface area contributed by atoms with Crippen LogP contribution in [0.2, 0.25) is 0 Å². The van der Waals surface area contributed by atoms with Crippen LogP contribution in [0.4, 0.5) is 4.79 Å². The Morgan fingerprint density at radius 2 is 1.74 bits per heavy atom. The number of piperidine rings is 1. The summed E-state index contributed by atoms with van der Waals surface area (Å²) in [7, 11) is -4.02. The van der Waals surface area contributed by atoms with Crippen LogP contribution in [-0.2, 0) is 20.0 Å². The average molecular weight is 549 g/mol. The van der Waals surface area contributed by atoms with Crippen molar-refractivity contribution in [3.8, 4) is 6.07 Å². The molecular formula is C28H32N6O4S. The highest BCUT2D eigenvalue weighted by Gasteiger charge is 2.37. The van der Waals surface area contributed by atoms with Crippen molar-refractivity contribution in [1.29, 1.82) is 5.26 Å². The SMILES string of the molecule is CC(C)(C)OC(=O)N1CCC(n2c(C(C)(C)C#N)nc3c(S(=O)(=O)c4ccccc4)nc4[nH]ccc4c32)CC1. The number of nitrogens with one attached hydrogen (secondary N) is 1. The average Bonchev–Trinajstić information content (AvgIpc) is 3.53. The van der Waals surface area contributed by atoms with E-state index in [-0.39, 0.29) is 27.6 Å². The summed E-state index contributed by atoms with van der Waals surface area (Å²) in [5.41, 5.74) is -0.335. The molecule has 1 fully saturated rings. The standard InChI is InChI=1S/C28H32N6O4S/c1-27(2,3)38-26(35)33-15-12-18(13-16-33)34-22-20-11-14-30-23(20)32-24(21(22)31-25(34)28(4,5)17-29)39(36,37)19-9-7-6-8-10-19/h6-11,14,18H,12-13,15-16H2,1-5H3,(H,30,32). The Labute approximate surface area is 227 Å². The summed E-state index contributed by atoms with van der Waals surface area (Å²) < 4.78 is 35.2. The van der Waals surface area contributed by atoms with Crippen molar-refractivity contribution in [1.82, 2.24) is 24.4 Å². The molecule has 1 aliphatic rings. The first-order chi connectivity index (χ1) is 18.3. The Morgan fingerprint density at radius 1 is 1.08 bits per heavy atom. The number of fused-ring (bicyclic) bond motifs is 3. The maximum atomic E-state index is 13.8. The molecule has 5 rings (SSSR count). The van der Waals surface area contributed by atoms with Crippen LogP contribution >= 0.6 is 0 Å². The van der Waals surface area contributed by atoms with Crippen molar-refractivity contribution >= 4 is 38.0 Å². The number of nitrogens with zero attached hydrogens (tertiary/aromatic N) is 5. The van der Waals surface area contributed by atoms with Crippen LogP contribution in [0.5, 0.6) is 0 Å². The summed E-state index contributed by atoms with van der Waals surface area (Å²) in [5.74, 6) is 0.468. The minimum absolute atomic E-state index is 0.117. The third kappa shape index (κ3) is 4.74. The molecule has 0 unspecified atom stereocenters. The number of imidazole rings is 1. The van der Waals surface area contributed by atoms with Crippen LogP contribution < -0.4 is 0 Å². The zero-order valence-corrected chi connectivity index (χ0v) is 23.5. The van der Waals surface area contributed by atoms with E-state index in [4.69, 9.17) is 9.72 Å². The van der Waals surface area contributed by atoms with E-state index < -0.39 is 20.9 Å². The number of rotatable bonds is 4. The minimum Gasteiger partial charge on any atom is -0.444 e. The number of likely N-dealkylation sites (tertiary alicyclic amines) is 1. The number of pyridine rings is 1. The van der Waals surface area contributed by atoms with E-state index in [0.29, 0.717) is 42.9 Å². The van der Waals surface area contributed by atoms with Gasteiger partial charge in [-0.25, -0.2) is 23.2 Å². The van der Waals surface area contributed by atoms with Gasteiger partial charge in [-0.3, -0.25) is 0 Å². The van der Waals surface area contributed by atoms with Gasteiger partial charge in [-0.15, -0.1) is 0 Å². The number of aromatic nitrogens is 4. The van der Waals surface area contributed by atoms with E-state index in [1.165, 1.54) is 12.1 Å². The van der Waals surface area contributed by atoms with E-state index in [0.717, 1.165) is 5.39 Å². The number of benzene rings is 1. The van der Waals surface area contributed by atoms with Gasteiger partial charge in [0.1, 0.15) is 28.0 Å². The van der Waals surface area contributed by atoms with Crippen molar-refractivity contribution in [2.24, 2.45) is 0 Å². The first-order valence-corrected chi connectivity index (χ1v) is 14.4. The molecule has 0 bridgehead atoms. The summed E-state index contributed by atoms with van der Waals surface area (Å²) in [6.07, 6.45) is 2.54. The molecule has 0 spiro atoms. The van der Waals surface area contributed by atoms with Crippen molar-refractivity contribution in [2.45, 2.75) is 74.4 Å². The predicted octanol–water partition coefficient (Wildman–Crippen LogP) is 5.12. The number of carbonyl (C=O) groups is 1.